The van der Waals surface area contributed by atoms with Crippen LogP contribution < -0.4 is 10.1 Å². The zero-order chi connectivity index (χ0) is 33.7. The fraction of sp³-hybridized carbons (Fsp3) is 0.421. The van der Waals surface area contributed by atoms with E-state index in [4.69, 9.17) is 9.72 Å². The Morgan fingerprint density at radius 3 is 2.42 bits per heavy atom. The number of methoxy groups -OCH3 is 1. The van der Waals surface area contributed by atoms with Crippen molar-refractivity contribution in [3.05, 3.63) is 89.0 Å². The van der Waals surface area contributed by atoms with Crippen molar-refractivity contribution >= 4 is 28.6 Å². The summed E-state index contributed by atoms with van der Waals surface area (Å²) in [6.07, 6.45) is 1.30. The number of piperidine rings is 2. The van der Waals surface area contributed by atoms with Crippen LogP contribution in [0.25, 0.3) is 22.2 Å². The van der Waals surface area contributed by atoms with Crippen LogP contribution in [-0.2, 0) is 19.3 Å². The number of halogens is 3. The van der Waals surface area contributed by atoms with Gasteiger partial charge in [-0.05, 0) is 81.4 Å². The molecule has 2 aliphatic rings. The third kappa shape index (κ3) is 7.82. The highest BCUT2D eigenvalue weighted by Crippen LogP contribution is 2.40. The lowest BCUT2D eigenvalue weighted by Crippen LogP contribution is -2.46. The number of benzene rings is 3. The lowest BCUT2D eigenvalue weighted by atomic mass is 9.93. The van der Waals surface area contributed by atoms with Crippen molar-refractivity contribution in [3.63, 3.8) is 0 Å². The second-order valence-corrected chi connectivity index (χ2v) is 13.9. The van der Waals surface area contributed by atoms with Gasteiger partial charge in [0, 0.05) is 41.7 Å². The number of hydrogen-bond acceptors (Lipinski definition) is 6. The minimum atomic E-state index is -4.52. The molecule has 0 saturated carbocycles. The number of aromatic nitrogens is 1. The third-order valence-electron chi connectivity index (χ3n) is 9.50. The van der Waals surface area contributed by atoms with Crippen molar-refractivity contribution in [2.45, 2.75) is 69.2 Å². The number of nitrogens with zero attached hydrogens (tertiary/aromatic N) is 3. The van der Waals surface area contributed by atoms with Crippen LogP contribution in [0.15, 0.2) is 71.6 Å². The maximum atomic E-state index is 14.4. The van der Waals surface area contributed by atoms with Crippen LogP contribution in [-0.4, -0.2) is 65.8 Å². The number of alkyl halides is 3. The first-order valence-electron chi connectivity index (χ1n) is 16.9. The van der Waals surface area contributed by atoms with Crippen LogP contribution in [0.5, 0.6) is 5.75 Å². The van der Waals surface area contributed by atoms with E-state index in [1.807, 2.05) is 36.4 Å². The molecule has 2 fully saturated rings. The number of pyridine rings is 1. The van der Waals surface area contributed by atoms with E-state index in [1.165, 1.54) is 25.3 Å². The van der Waals surface area contributed by atoms with Gasteiger partial charge >= 0.3 is 6.18 Å². The number of thioether (sulfide) groups is 1. The van der Waals surface area contributed by atoms with E-state index in [9.17, 15) is 18.0 Å². The lowest BCUT2D eigenvalue weighted by molar-refractivity contribution is -0.137. The van der Waals surface area contributed by atoms with Gasteiger partial charge in [0.25, 0.3) is 5.91 Å². The molecule has 0 radical (unpaired) electrons. The molecule has 1 N–H and O–H groups in total. The predicted octanol–water partition coefficient (Wildman–Crippen LogP) is 8.42. The highest BCUT2D eigenvalue weighted by molar-refractivity contribution is 7.99. The number of likely N-dealkylation sites (tertiary alicyclic amines) is 2. The lowest BCUT2D eigenvalue weighted by Gasteiger charge is -2.40. The normalized spacial score (nSPS) is 16.7. The number of hydrogen-bond donors (Lipinski definition) is 1. The first-order valence-corrected chi connectivity index (χ1v) is 17.9. The quantitative estimate of drug-likeness (QED) is 0.170. The molecule has 254 valence electrons. The fourth-order valence-corrected chi connectivity index (χ4v) is 7.85. The molecule has 0 atom stereocenters. The maximum Gasteiger partial charge on any atom is 0.416 e. The molecule has 10 heteroatoms. The van der Waals surface area contributed by atoms with Crippen LogP contribution >= 0.6 is 11.8 Å². The molecular weight excluding hydrogens is 634 g/mol. The van der Waals surface area contributed by atoms with Crippen molar-refractivity contribution < 1.29 is 22.7 Å². The van der Waals surface area contributed by atoms with Gasteiger partial charge in [-0.1, -0.05) is 55.8 Å². The number of carbonyl (C=O) groups is 1. The van der Waals surface area contributed by atoms with Crippen LogP contribution in [0, 0.1) is 0 Å². The van der Waals surface area contributed by atoms with Crippen molar-refractivity contribution in [1.82, 2.24) is 20.1 Å². The molecule has 1 aromatic heterocycles. The van der Waals surface area contributed by atoms with Gasteiger partial charge in [0.15, 0.2) is 0 Å². The van der Waals surface area contributed by atoms with E-state index in [0.29, 0.717) is 58.2 Å². The molecule has 48 heavy (non-hydrogen) atoms. The van der Waals surface area contributed by atoms with Crippen LogP contribution in [0.2, 0.25) is 0 Å². The Labute approximate surface area is 285 Å². The molecule has 3 aromatic carbocycles. The number of rotatable bonds is 10. The molecule has 2 aliphatic heterocycles. The van der Waals surface area contributed by atoms with E-state index < -0.39 is 11.7 Å². The minimum Gasteiger partial charge on any atom is -0.496 e. The number of ether oxygens (including phenoxy) is 1. The molecular formula is C38H43F3N4O2S. The summed E-state index contributed by atoms with van der Waals surface area (Å²) in [6.45, 7) is 6.74. The van der Waals surface area contributed by atoms with E-state index in [-0.39, 0.29) is 5.91 Å². The standard InChI is InChI=1S/C38H43F3N4O2S/c1-3-48-34-22-30-32(23-33(34)47-2)43-36(27-13-10-14-28(21-27)38(39,40)41)31(35(30)37(46)42-24-26-11-6-4-7-12-26)25-44-19-15-29(16-20-44)45-17-8-5-9-18-45/h4,6-7,10-14,21-23,29H,3,5,8-9,15-20,24-25H2,1-2H3,(H,42,46). The van der Waals surface area contributed by atoms with E-state index in [0.717, 1.165) is 67.4 Å². The number of fused-ring (bicyclic) bond motifs is 1. The Morgan fingerprint density at radius 1 is 0.979 bits per heavy atom. The number of carbonyl (C=O) groups excluding carboxylic acids is 1. The monoisotopic (exact) mass is 676 g/mol. The van der Waals surface area contributed by atoms with Crippen LogP contribution in [0.3, 0.4) is 0 Å². The second kappa shape index (κ2) is 15.3. The van der Waals surface area contributed by atoms with Crippen molar-refractivity contribution in [2.75, 3.05) is 39.0 Å². The Balaban J connectivity index is 1.47. The average molecular weight is 677 g/mol. The highest BCUT2D eigenvalue weighted by atomic mass is 32.2. The summed E-state index contributed by atoms with van der Waals surface area (Å²) in [6, 6.07) is 19.2. The third-order valence-corrected chi connectivity index (χ3v) is 10.4. The molecule has 4 aromatic rings. The topological polar surface area (TPSA) is 57.7 Å². The maximum absolute atomic E-state index is 14.4. The molecule has 2 saturated heterocycles. The van der Waals surface area contributed by atoms with Gasteiger partial charge in [0.2, 0.25) is 0 Å². The van der Waals surface area contributed by atoms with Crippen molar-refractivity contribution in [1.29, 1.82) is 0 Å². The molecule has 3 heterocycles. The SMILES string of the molecule is CCSc1cc2c(C(=O)NCc3ccccc3)c(CN3CCC(N4CCCCC4)CC3)c(-c3cccc(C(F)(F)F)c3)nc2cc1OC. The fourth-order valence-electron chi connectivity index (χ4n) is 7.05. The first-order chi connectivity index (χ1) is 23.2. The zero-order valence-electron chi connectivity index (χ0n) is 27.6. The zero-order valence-corrected chi connectivity index (χ0v) is 28.4. The van der Waals surface area contributed by atoms with Crippen molar-refractivity contribution in [2.24, 2.45) is 0 Å². The summed E-state index contributed by atoms with van der Waals surface area (Å²) in [5.41, 5.74) is 2.49. The first kappa shape index (κ1) is 34.3. The summed E-state index contributed by atoms with van der Waals surface area (Å²) in [4.78, 5) is 25.3. The summed E-state index contributed by atoms with van der Waals surface area (Å²) in [5.74, 6) is 1.13. The summed E-state index contributed by atoms with van der Waals surface area (Å²) in [7, 11) is 1.59. The van der Waals surface area contributed by atoms with Gasteiger partial charge in [0.05, 0.1) is 34.3 Å². The molecule has 0 aliphatic carbocycles. The second-order valence-electron chi connectivity index (χ2n) is 12.6. The van der Waals surface area contributed by atoms with Gasteiger partial charge < -0.3 is 15.0 Å². The Kier molecular flexibility index (Phi) is 10.9. The van der Waals surface area contributed by atoms with E-state index in [1.54, 1.807) is 31.0 Å². The van der Waals surface area contributed by atoms with Gasteiger partial charge in [-0.2, -0.15) is 13.2 Å². The number of nitrogens with one attached hydrogen (secondary N) is 1. The molecule has 0 spiro atoms. The summed E-state index contributed by atoms with van der Waals surface area (Å²) in [5, 5.41) is 3.78. The predicted molar refractivity (Wildman–Crippen MR) is 186 cm³/mol. The van der Waals surface area contributed by atoms with Crippen LogP contribution in [0.1, 0.15) is 66.1 Å². The number of amides is 1. The Morgan fingerprint density at radius 2 is 1.73 bits per heavy atom. The largest absolute Gasteiger partial charge is 0.496 e. The molecule has 0 bridgehead atoms. The molecule has 0 unspecified atom stereocenters. The van der Waals surface area contributed by atoms with Crippen molar-refractivity contribution in [3.8, 4) is 17.0 Å². The smallest absolute Gasteiger partial charge is 0.416 e. The van der Waals surface area contributed by atoms with Gasteiger partial charge in [-0.25, -0.2) is 4.98 Å². The summed E-state index contributed by atoms with van der Waals surface area (Å²) < 4.78 is 47.6. The molecule has 6 nitrogen and oxygen atoms in total. The highest BCUT2D eigenvalue weighted by Gasteiger charge is 2.32. The van der Waals surface area contributed by atoms with E-state index >= 15 is 0 Å². The average Bonchev–Trinajstić information content (AvgIpc) is 3.11. The van der Waals surface area contributed by atoms with Gasteiger partial charge in [-0.15, -0.1) is 11.8 Å². The van der Waals surface area contributed by atoms with Crippen LogP contribution in [0.4, 0.5) is 13.2 Å². The Bertz CT molecular complexity index is 1720. The molecule has 1 amide bonds. The van der Waals surface area contributed by atoms with Gasteiger partial charge in [-0.3, -0.25) is 9.69 Å². The molecule has 6 rings (SSSR count). The van der Waals surface area contributed by atoms with E-state index in [2.05, 4.69) is 22.0 Å². The minimum absolute atomic E-state index is 0.282. The van der Waals surface area contributed by atoms with Gasteiger partial charge in [0.1, 0.15) is 5.75 Å². The summed E-state index contributed by atoms with van der Waals surface area (Å²) >= 11 is 1.61. The Hall–Kier alpha value is -3.60.